The minimum Gasteiger partial charge on any atom is -0.493 e. The van der Waals surface area contributed by atoms with Crippen LogP contribution in [0.5, 0.6) is 5.75 Å². The molecule has 0 atom stereocenters. The number of unbranched alkanes of at least 4 members (excludes halogenated alkanes) is 1. The SMILES string of the molecule is BCc1nc(-c2ccc(Cl)cc2OCCCC)ns1. The lowest BCUT2D eigenvalue weighted by atomic mass is 10.1. The Bertz CT molecular complexity index is 547. The Morgan fingerprint density at radius 1 is 1.42 bits per heavy atom. The Kier molecular flexibility index (Phi) is 5.22. The summed E-state index contributed by atoms with van der Waals surface area (Å²) < 4.78 is 10.2. The Hall–Kier alpha value is -1.07. The molecule has 0 N–H and O–H groups in total. The molecule has 0 aliphatic carbocycles. The van der Waals surface area contributed by atoms with Gasteiger partial charge in [0.2, 0.25) is 0 Å². The molecule has 0 saturated carbocycles. The van der Waals surface area contributed by atoms with Crippen LogP contribution in [0.2, 0.25) is 5.02 Å². The van der Waals surface area contributed by atoms with Crippen LogP contribution in [0.3, 0.4) is 0 Å². The lowest BCUT2D eigenvalue weighted by Gasteiger charge is -2.09. The highest BCUT2D eigenvalue weighted by molar-refractivity contribution is 7.05. The Balaban J connectivity index is 2.27. The van der Waals surface area contributed by atoms with Gasteiger partial charge >= 0.3 is 0 Å². The molecular weight excluding hydrogens is 278 g/mol. The standard InChI is InChI=1S/C13H16BClN2OS/c1-2-3-6-18-11-7-9(15)4-5-10(11)13-16-12(8-14)19-17-13/h4-5,7H,2-3,6,8,14H2,1H3. The highest BCUT2D eigenvalue weighted by atomic mass is 35.5. The van der Waals surface area contributed by atoms with Crippen LogP contribution >= 0.6 is 23.1 Å². The molecule has 0 radical (unpaired) electrons. The summed E-state index contributed by atoms with van der Waals surface area (Å²) in [6.07, 6.45) is 3.03. The predicted octanol–water partition coefficient (Wildman–Crippen LogP) is 3.17. The van der Waals surface area contributed by atoms with Gasteiger partial charge in [-0.3, -0.25) is 0 Å². The minimum absolute atomic E-state index is 0.668. The van der Waals surface area contributed by atoms with Crippen LogP contribution in [-0.2, 0) is 6.32 Å². The number of aromatic nitrogens is 2. The largest absolute Gasteiger partial charge is 0.493 e. The van der Waals surface area contributed by atoms with Crippen molar-refractivity contribution in [2.75, 3.05) is 6.61 Å². The molecular formula is C13H16BClN2OS. The van der Waals surface area contributed by atoms with E-state index in [1.54, 1.807) is 0 Å². The van der Waals surface area contributed by atoms with E-state index in [2.05, 4.69) is 24.1 Å². The van der Waals surface area contributed by atoms with Crippen molar-refractivity contribution in [3.8, 4) is 17.1 Å². The van der Waals surface area contributed by atoms with Gasteiger partial charge in [0.05, 0.1) is 12.2 Å². The van der Waals surface area contributed by atoms with Gasteiger partial charge in [0, 0.05) is 5.02 Å². The van der Waals surface area contributed by atoms with Crippen molar-refractivity contribution >= 4 is 31.0 Å². The molecule has 1 aromatic heterocycles. The number of hydrogen-bond donors (Lipinski definition) is 0. The van der Waals surface area contributed by atoms with E-state index < -0.39 is 0 Å². The fraction of sp³-hybridized carbons (Fsp3) is 0.385. The first-order valence-electron chi connectivity index (χ1n) is 6.50. The predicted molar refractivity (Wildman–Crippen MR) is 83.0 cm³/mol. The number of halogens is 1. The summed E-state index contributed by atoms with van der Waals surface area (Å²) in [6, 6.07) is 5.60. The van der Waals surface area contributed by atoms with Gasteiger partial charge in [-0.2, -0.15) is 4.37 Å². The van der Waals surface area contributed by atoms with E-state index in [0.29, 0.717) is 11.6 Å². The van der Waals surface area contributed by atoms with Crippen molar-refractivity contribution in [2.45, 2.75) is 26.1 Å². The Morgan fingerprint density at radius 2 is 2.26 bits per heavy atom. The van der Waals surface area contributed by atoms with E-state index in [1.165, 1.54) is 11.5 Å². The highest BCUT2D eigenvalue weighted by Gasteiger charge is 2.12. The van der Waals surface area contributed by atoms with E-state index in [1.807, 2.05) is 18.2 Å². The van der Waals surface area contributed by atoms with Crippen LogP contribution < -0.4 is 4.74 Å². The average molecular weight is 295 g/mol. The van der Waals surface area contributed by atoms with Gasteiger partial charge < -0.3 is 4.74 Å². The first kappa shape index (κ1) is 14.3. The second-order valence-corrected chi connectivity index (χ2v) is 5.48. The molecule has 0 saturated heterocycles. The second kappa shape index (κ2) is 6.92. The second-order valence-electron chi connectivity index (χ2n) is 4.21. The minimum atomic E-state index is 0.668. The zero-order valence-electron chi connectivity index (χ0n) is 11.1. The third kappa shape index (κ3) is 3.70. The van der Waals surface area contributed by atoms with E-state index in [9.17, 15) is 0 Å². The smallest absolute Gasteiger partial charge is 0.176 e. The van der Waals surface area contributed by atoms with Crippen molar-refractivity contribution in [3.63, 3.8) is 0 Å². The molecule has 0 aliphatic heterocycles. The van der Waals surface area contributed by atoms with Crippen LogP contribution in [0.15, 0.2) is 18.2 Å². The molecule has 19 heavy (non-hydrogen) atoms. The molecule has 0 bridgehead atoms. The van der Waals surface area contributed by atoms with Crippen LogP contribution in [-0.4, -0.2) is 23.8 Å². The van der Waals surface area contributed by atoms with Crippen molar-refractivity contribution in [1.29, 1.82) is 0 Å². The number of rotatable bonds is 6. The zero-order valence-corrected chi connectivity index (χ0v) is 12.7. The molecule has 2 rings (SSSR count). The third-order valence-corrected chi connectivity index (χ3v) is 3.80. The molecule has 3 nitrogen and oxygen atoms in total. The maximum Gasteiger partial charge on any atom is 0.176 e. The number of ether oxygens (including phenoxy) is 1. The van der Waals surface area contributed by atoms with Crippen molar-refractivity contribution in [2.24, 2.45) is 0 Å². The lowest BCUT2D eigenvalue weighted by Crippen LogP contribution is -1.98. The summed E-state index contributed by atoms with van der Waals surface area (Å²) in [4.78, 5) is 4.50. The Morgan fingerprint density at radius 3 is 2.95 bits per heavy atom. The molecule has 0 aliphatic rings. The number of benzene rings is 1. The number of nitrogens with zero attached hydrogens (tertiary/aromatic N) is 2. The van der Waals surface area contributed by atoms with Gasteiger partial charge in [0.1, 0.15) is 18.6 Å². The fourth-order valence-electron chi connectivity index (χ4n) is 1.63. The van der Waals surface area contributed by atoms with Crippen LogP contribution in [0, 0.1) is 0 Å². The van der Waals surface area contributed by atoms with Crippen molar-refractivity contribution in [1.82, 2.24) is 9.36 Å². The van der Waals surface area contributed by atoms with Gasteiger partial charge in [0.15, 0.2) is 5.82 Å². The summed E-state index contributed by atoms with van der Waals surface area (Å²) in [7, 11) is 2.07. The van der Waals surface area contributed by atoms with Crippen LogP contribution in [0.4, 0.5) is 0 Å². The maximum atomic E-state index is 6.03. The summed E-state index contributed by atoms with van der Waals surface area (Å²) in [5.74, 6) is 1.49. The molecule has 0 unspecified atom stereocenters. The molecule has 1 aromatic carbocycles. The zero-order chi connectivity index (χ0) is 13.7. The highest BCUT2D eigenvalue weighted by Crippen LogP contribution is 2.31. The van der Waals surface area contributed by atoms with Gasteiger partial charge in [-0.25, -0.2) is 4.98 Å². The maximum absolute atomic E-state index is 6.03. The van der Waals surface area contributed by atoms with E-state index in [-0.39, 0.29) is 0 Å². The average Bonchev–Trinajstić information content (AvgIpc) is 2.88. The summed E-state index contributed by atoms with van der Waals surface area (Å²) in [5.41, 5.74) is 0.913. The van der Waals surface area contributed by atoms with Crippen LogP contribution in [0.1, 0.15) is 24.8 Å². The quantitative estimate of drug-likeness (QED) is 0.606. The molecule has 0 amide bonds. The fourth-order valence-corrected chi connectivity index (χ4v) is 2.38. The van der Waals surface area contributed by atoms with Crippen molar-refractivity contribution < 1.29 is 4.74 Å². The molecule has 2 aromatic rings. The van der Waals surface area contributed by atoms with E-state index in [0.717, 1.165) is 41.3 Å². The third-order valence-electron chi connectivity index (χ3n) is 2.71. The summed E-state index contributed by atoms with van der Waals surface area (Å²) in [5, 5.41) is 1.70. The van der Waals surface area contributed by atoms with Crippen molar-refractivity contribution in [3.05, 3.63) is 28.2 Å². The first-order valence-corrected chi connectivity index (χ1v) is 7.65. The van der Waals surface area contributed by atoms with Crippen LogP contribution in [0.25, 0.3) is 11.4 Å². The molecule has 0 fully saturated rings. The normalized spacial score (nSPS) is 10.6. The van der Waals surface area contributed by atoms with E-state index >= 15 is 0 Å². The Labute approximate surface area is 123 Å². The molecule has 100 valence electrons. The van der Waals surface area contributed by atoms with Gasteiger partial charge in [-0.1, -0.05) is 24.9 Å². The lowest BCUT2D eigenvalue weighted by molar-refractivity contribution is 0.310. The summed E-state index contributed by atoms with van der Waals surface area (Å²) >= 11 is 7.47. The topological polar surface area (TPSA) is 35.0 Å². The van der Waals surface area contributed by atoms with Gasteiger partial charge in [0.25, 0.3) is 0 Å². The molecule has 1 heterocycles. The first-order chi connectivity index (χ1) is 9.24. The van der Waals surface area contributed by atoms with Gasteiger partial charge in [-0.15, -0.1) is 0 Å². The van der Waals surface area contributed by atoms with E-state index in [4.69, 9.17) is 16.3 Å². The summed E-state index contributed by atoms with van der Waals surface area (Å²) in [6.45, 7) is 2.83. The molecule has 6 heteroatoms. The monoisotopic (exact) mass is 294 g/mol. The number of hydrogen-bond acceptors (Lipinski definition) is 4. The van der Waals surface area contributed by atoms with Gasteiger partial charge in [-0.05, 0) is 42.5 Å². The molecule has 0 spiro atoms.